The van der Waals surface area contributed by atoms with Gasteiger partial charge in [0.05, 0.1) is 20.3 Å². The van der Waals surface area contributed by atoms with Crippen LogP contribution in [0.25, 0.3) is 0 Å². The predicted molar refractivity (Wildman–Crippen MR) is 120 cm³/mol. The molecule has 0 saturated carbocycles. The Morgan fingerprint density at radius 3 is 2.45 bits per heavy atom. The van der Waals surface area contributed by atoms with Crippen LogP contribution in [-0.4, -0.2) is 64.3 Å². The molecule has 2 aliphatic rings. The Morgan fingerprint density at radius 1 is 1.00 bits per heavy atom. The van der Waals surface area contributed by atoms with E-state index in [-0.39, 0.29) is 11.9 Å². The van der Waals surface area contributed by atoms with Crippen LogP contribution in [0.1, 0.15) is 30.0 Å². The van der Waals surface area contributed by atoms with Gasteiger partial charge in [-0.05, 0) is 31.0 Å². The molecule has 0 spiro atoms. The second kappa shape index (κ2) is 10.2. The van der Waals surface area contributed by atoms with Crippen molar-refractivity contribution in [3.05, 3.63) is 59.7 Å². The van der Waals surface area contributed by atoms with Crippen LogP contribution >= 0.6 is 0 Å². The molecule has 31 heavy (non-hydrogen) atoms. The fourth-order valence-electron chi connectivity index (χ4n) is 5.00. The Hall–Kier alpha value is -2.57. The molecule has 2 heterocycles. The fourth-order valence-corrected chi connectivity index (χ4v) is 5.00. The van der Waals surface area contributed by atoms with Crippen molar-refractivity contribution in [3.63, 3.8) is 0 Å². The molecule has 0 aliphatic carbocycles. The normalized spacial score (nSPS) is 23.5. The van der Waals surface area contributed by atoms with E-state index in [4.69, 9.17) is 9.47 Å². The van der Waals surface area contributed by atoms with E-state index in [2.05, 4.69) is 35.2 Å². The Balaban J connectivity index is 1.34. The first-order chi connectivity index (χ1) is 15.2. The van der Waals surface area contributed by atoms with E-state index >= 15 is 0 Å². The second-order valence-electron chi connectivity index (χ2n) is 8.69. The molecule has 2 aromatic rings. The zero-order valence-electron chi connectivity index (χ0n) is 18.7. The molecule has 4 rings (SSSR count). The summed E-state index contributed by atoms with van der Waals surface area (Å²) in [6, 6.07) is 16.6. The number of nitrogens with zero attached hydrogens (tertiary/aromatic N) is 1. The molecule has 0 aromatic heterocycles. The molecule has 2 N–H and O–H groups in total. The summed E-state index contributed by atoms with van der Waals surface area (Å²) >= 11 is 0. The average Bonchev–Trinajstić information content (AvgIpc) is 3.30. The molecule has 1 atom stereocenters. The number of rotatable bonds is 7. The van der Waals surface area contributed by atoms with Crippen molar-refractivity contribution in [2.75, 3.05) is 53.5 Å². The summed E-state index contributed by atoms with van der Waals surface area (Å²) in [6.07, 6.45) is 2.00. The number of carbonyl (C=O) groups is 1. The standard InChI is InChI=1S/C25H33N3O3/c1-30-21-10-11-24(31-2)22(17-21)23-9-6-12-28(23)25(29)19-27-15-13-26(14-16-27)18-20-7-4-3-5-8-20/h3-5,7-8,10-11,17,23H,6,9,12-16,18-19H2,1-2H3/p+2/t23-/m0/s1. The van der Waals surface area contributed by atoms with E-state index in [1.54, 1.807) is 19.1 Å². The van der Waals surface area contributed by atoms with Crippen LogP contribution in [0.3, 0.4) is 0 Å². The van der Waals surface area contributed by atoms with Gasteiger partial charge in [0.1, 0.15) is 44.2 Å². The van der Waals surface area contributed by atoms with Gasteiger partial charge in [-0.2, -0.15) is 0 Å². The lowest BCUT2D eigenvalue weighted by Gasteiger charge is -2.32. The molecule has 6 nitrogen and oxygen atoms in total. The maximum absolute atomic E-state index is 13.3. The molecule has 2 aromatic carbocycles. The second-order valence-corrected chi connectivity index (χ2v) is 8.69. The number of benzene rings is 2. The Bertz CT molecular complexity index is 866. The first-order valence-electron chi connectivity index (χ1n) is 11.4. The van der Waals surface area contributed by atoms with Crippen LogP contribution in [0.15, 0.2) is 48.5 Å². The lowest BCUT2D eigenvalue weighted by atomic mass is 10.0. The molecule has 2 saturated heterocycles. The van der Waals surface area contributed by atoms with E-state index in [0.717, 1.165) is 69.2 Å². The number of hydrogen-bond acceptors (Lipinski definition) is 3. The summed E-state index contributed by atoms with van der Waals surface area (Å²) in [5, 5.41) is 0. The minimum atomic E-state index is 0.0712. The third kappa shape index (κ3) is 5.20. The maximum Gasteiger partial charge on any atom is 0.278 e. The van der Waals surface area contributed by atoms with E-state index in [0.29, 0.717) is 6.54 Å². The van der Waals surface area contributed by atoms with Crippen LogP contribution in [0.2, 0.25) is 0 Å². The number of ether oxygens (including phenoxy) is 2. The minimum absolute atomic E-state index is 0.0712. The largest absolute Gasteiger partial charge is 0.497 e. The Kier molecular flexibility index (Phi) is 7.10. The van der Waals surface area contributed by atoms with Crippen LogP contribution in [0.4, 0.5) is 0 Å². The van der Waals surface area contributed by atoms with Crippen molar-refractivity contribution in [2.24, 2.45) is 0 Å². The van der Waals surface area contributed by atoms with Gasteiger partial charge in [-0.3, -0.25) is 4.79 Å². The summed E-state index contributed by atoms with van der Waals surface area (Å²) in [7, 11) is 3.36. The van der Waals surface area contributed by atoms with Crippen LogP contribution in [0.5, 0.6) is 11.5 Å². The Labute approximate surface area is 185 Å². The quantitative estimate of drug-likeness (QED) is 0.673. The highest BCUT2D eigenvalue weighted by atomic mass is 16.5. The van der Waals surface area contributed by atoms with E-state index < -0.39 is 0 Å². The summed E-state index contributed by atoms with van der Waals surface area (Å²) in [4.78, 5) is 18.3. The molecule has 2 aliphatic heterocycles. The Morgan fingerprint density at radius 2 is 1.74 bits per heavy atom. The lowest BCUT2D eigenvalue weighted by molar-refractivity contribution is -1.02. The lowest BCUT2D eigenvalue weighted by Crippen LogP contribution is -3.28. The zero-order valence-corrected chi connectivity index (χ0v) is 18.7. The zero-order chi connectivity index (χ0) is 21.6. The molecule has 6 heteroatoms. The van der Waals surface area contributed by atoms with Gasteiger partial charge < -0.3 is 24.2 Å². The van der Waals surface area contributed by atoms with Crippen molar-refractivity contribution < 1.29 is 24.1 Å². The fraction of sp³-hybridized carbons (Fsp3) is 0.480. The van der Waals surface area contributed by atoms with Crippen molar-refractivity contribution in [3.8, 4) is 11.5 Å². The molecule has 0 unspecified atom stereocenters. The number of amides is 1. The van der Waals surface area contributed by atoms with Gasteiger partial charge in [0.15, 0.2) is 6.54 Å². The number of methoxy groups -OCH3 is 2. The molecule has 166 valence electrons. The van der Waals surface area contributed by atoms with E-state index in [9.17, 15) is 4.79 Å². The number of nitrogens with one attached hydrogen (secondary N) is 2. The first-order valence-corrected chi connectivity index (χ1v) is 11.4. The van der Waals surface area contributed by atoms with Crippen molar-refractivity contribution in [1.82, 2.24) is 4.90 Å². The SMILES string of the molecule is COc1ccc(OC)c([C@@H]2CCCN2C(=O)C[NH+]2CC[NH+](Cc3ccccc3)CC2)c1. The van der Waals surface area contributed by atoms with E-state index in [1.807, 2.05) is 18.2 Å². The molecule has 1 amide bonds. The average molecular weight is 426 g/mol. The summed E-state index contributed by atoms with van der Waals surface area (Å²) in [5.41, 5.74) is 2.45. The van der Waals surface area contributed by atoms with Crippen molar-refractivity contribution in [1.29, 1.82) is 0 Å². The van der Waals surface area contributed by atoms with Gasteiger partial charge in [-0.15, -0.1) is 0 Å². The van der Waals surface area contributed by atoms with Gasteiger partial charge in [-0.1, -0.05) is 30.3 Å². The van der Waals surface area contributed by atoms with Gasteiger partial charge in [0.25, 0.3) is 5.91 Å². The van der Waals surface area contributed by atoms with Gasteiger partial charge in [-0.25, -0.2) is 0 Å². The highest BCUT2D eigenvalue weighted by Gasteiger charge is 2.35. The van der Waals surface area contributed by atoms with Gasteiger partial charge in [0.2, 0.25) is 0 Å². The predicted octanol–water partition coefficient (Wildman–Crippen LogP) is 0.351. The molecule has 2 fully saturated rings. The molecular weight excluding hydrogens is 390 g/mol. The van der Waals surface area contributed by atoms with Crippen molar-refractivity contribution >= 4 is 5.91 Å². The smallest absolute Gasteiger partial charge is 0.278 e. The topological polar surface area (TPSA) is 47.6 Å². The number of likely N-dealkylation sites (tertiary alicyclic amines) is 1. The highest BCUT2D eigenvalue weighted by molar-refractivity contribution is 5.78. The third-order valence-corrected chi connectivity index (χ3v) is 6.73. The summed E-state index contributed by atoms with van der Waals surface area (Å²) in [5.74, 6) is 1.89. The highest BCUT2D eigenvalue weighted by Crippen LogP contribution is 2.38. The van der Waals surface area contributed by atoms with Gasteiger partial charge >= 0.3 is 0 Å². The van der Waals surface area contributed by atoms with Gasteiger partial charge in [0, 0.05) is 17.7 Å². The third-order valence-electron chi connectivity index (χ3n) is 6.73. The van der Waals surface area contributed by atoms with E-state index in [1.165, 1.54) is 10.5 Å². The number of hydrogen-bond donors (Lipinski definition) is 2. The first kappa shape index (κ1) is 21.7. The van der Waals surface area contributed by atoms with Crippen LogP contribution < -0.4 is 19.3 Å². The maximum atomic E-state index is 13.3. The number of carbonyl (C=O) groups excluding carboxylic acids is 1. The molecular formula is C25H35N3O3+2. The van der Waals surface area contributed by atoms with Crippen LogP contribution in [0, 0.1) is 0 Å². The molecule has 0 bridgehead atoms. The summed E-state index contributed by atoms with van der Waals surface area (Å²) in [6.45, 7) is 6.81. The van der Waals surface area contributed by atoms with Crippen molar-refractivity contribution in [2.45, 2.75) is 25.4 Å². The molecule has 0 radical (unpaired) electrons. The van der Waals surface area contributed by atoms with Crippen LogP contribution in [-0.2, 0) is 11.3 Å². The number of quaternary nitrogens is 2. The summed E-state index contributed by atoms with van der Waals surface area (Å²) < 4.78 is 11.0. The number of piperazine rings is 1. The monoisotopic (exact) mass is 425 g/mol. The minimum Gasteiger partial charge on any atom is -0.497 e.